The fourth-order valence-electron chi connectivity index (χ4n) is 1.64. The average molecular weight is 278 g/mol. The number of rotatable bonds is 4. The largest absolute Gasteiger partial charge is 0.387 e. The summed E-state index contributed by atoms with van der Waals surface area (Å²) in [6.45, 7) is 2.10. The van der Waals surface area contributed by atoms with Gasteiger partial charge in [0.25, 0.3) is 0 Å². The van der Waals surface area contributed by atoms with Gasteiger partial charge in [-0.25, -0.2) is 0 Å². The summed E-state index contributed by atoms with van der Waals surface area (Å²) in [6.07, 6.45) is 0. The standard InChI is InChI=1S/C15H16ClNS/c1-11-3-5-12(6-4-11)10-18-13-7-8-15(17-2)14(16)9-13/h3-9,17H,10H2,1-2H3. The Kier molecular flexibility index (Phi) is 4.56. The van der Waals surface area contributed by atoms with Crippen molar-refractivity contribution >= 4 is 29.1 Å². The van der Waals surface area contributed by atoms with Crippen LogP contribution in [0.15, 0.2) is 47.4 Å². The Labute approximate surface area is 118 Å². The van der Waals surface area contributed by atoms with Crippen LogP contribution in [-0.2, 0) is 5.75 Å². The molecule has 0 aliphatic heterocycles. The zero-order valence-corrected chi connectivity index (χ0v) is 12.1. The van der Waals surface area contributed by atoms with Crippen molar-refractivity contribution in [2.45, 2.75) is 17.6 Å². The van der Waals surface area contributed by atoms with Crippen LogP contribution in [-0.4, -0.2) is 7.05 Å². The Bertz CT molecular complexity index is 523. The normalized spacial score (nSPS) is 10.4. The van der Waals surface area contributed by atoms with Gasteiger partial charge in [-0.3, -0.25) is 0 Å². The summed E-state index contributed by atoms with van der Waals surface area (Å²) >= 11 is 7.96. The zero-order valence-electron chi connectivity index (χ0n) is 10.5. The molecule has 0 amide bonds. The Morgan fingerprint density at radius 2 is 1.83 bits per heavy atom. The van der Waals surface area contributed by atoms with Gasteiger partial charge < -0.3 is 5.32 Å². The molecule has 0 bridgehead atoms. The van der Waals surface area contributed by atoms with Gasteiger partial charge in [0.05, 0.1) is 10.7 Å². The Morgan fingerprint density at radius 1 is 1.11 bits per heavy atom. The van der Waals surface area contributed by atoms with Crippen LogP contribution in [0, 0.1) is 6.92 Å². The van der Waals surface area contributed by atoms with Crippen LogP contribution >= 0.6 is 23.4 Å². The fourth-order valence-corrected chi connectivity index (χ4v) is 2.87. The van der Waals surface area contributed by atoms with Gasteiger partial charge in [-0.1, -0.05) is 41.4 Å². The molecule has 0 saturated carbocycles. The lowest BCUT2D eigenvalue weighted by Crippen LogP contribution is -1.88. The number of benzene rings is 2. The smallest absolute Gasteiger partial charge is 0.0648 e. The fraction of sp³-hybridized carbons (Fsp3) is 0.200. The minimum absolute atomic E-state index is 0.770. The molecule has 0 radical (unpaired) electrons. The minimum Gasteiger partial charge on any atom is -0.387 e. The molecule has 0 aliphatic rings. The van der Waals surface area contributed by atoms with Gasteiger partial charge in [0, 0.05) is 17.7 Å². The SMILES string of the molecule is CNc1ccc(SCc2ccc(C)cc2)cc1Cl. The van der Waals surface area contributed by atoms with Crippen molar-refractivity contribution in [3.63, 3.8) is 0 Å². The van der Waals surface area contributed by atoms with E-state index in [2.05, 4.69) is 42.6 Å². The maximum atomic E-state index is 6.16. The van der Waals surface area contributed by atoms with Crippen LogP contribution in [0.3, 0.4) is 0 Å². The molecule has 0 unspecified atom stereocenters. The predicted octanol–water partition coefficient (Wildman–Crippen LogP) is 4.98. The van der Waals surface area contributed by atoms with Crippen LogP contribution < -0.4 is 5.32 Å². The number of nitrogens with one attached hydrogen (secondary N) is 1. The van der Waals surface area contributed by atoms with Crippen molar-refractivity contribution in [1.82, 2.24) is 0 Å². The maximum absolute atomic E-state index is 6.16. The Hall–Kier alpha value is -1.12. The van der Waals surface area contributed by atoms with Gasteiger partial charge in [-0.05, 0) is 30.7 Å². The summed E-state index contributed by atoms with van der Waals surface area (Å²) in [5.74, 6) is 0.968. The van der Waals surface area contributed by atoms with E-state index in [4.69, 9.17) is 11.6 Å². The molecular formula is C15H16ClNS. The molecule has 2 aromatic carbocycles. The summed E-state index contributed by atoms with van der Waals surface area (Å²) in [4.78, 5) is 1.19. The minimum atomic E-state index is 0.770. The van der Waals surface area contributed by atoms with Gasteiger partial charge in [-0.2, -0.15) is 0 Å². The van der Waals surface area contributed by atoms with Crippen molar-refractivity contribution in [3.8, 4) is 0 Å². The highest BCUT2D eigenvalue weighted by atomic mass is 35.5. The van der Waals surface area contributed by atoms with Crippen LogP contribution in [0.5, 0.6) is 0 Å². The first kappa shape index (κ1) is 13.3. The first-order chi connectivity index (χ1) is 8.69. The number of thioether (sulfide) groups is 1. The number of aryl methyl sites for hydroxylation is 1. The lowest BCUT2D eigenvalue weighted by molar-refractivity contribution is 1.35. The predicted molar refractivity (Wildman–Crippen MR) is 81.7 cm³/mol. The first-order valence-corrected chi connectivity index (χ1v) is 7.21. The van der Waals surface area contributed by atoms with Crippen molar-refractivity contribution in [2.75, 3.05) is 12.4 Å². The highest BCUT2D eigenvalue weighted by Crippen LogP contribution is 2.29. The molecule has 0 saturated heterocycles. The lowest BCUT2D eigenvalue weighted by Gasteiger charge is -2.06. The van der Waals surface area contributed by atoms with E-state index in [-0.39, 0.29) is 0 Å². The molecule has 0 fully saturated rings. The van der Waals surface area contributed by atoms with E-state index in [9.17, 15) is 0 Å². The van der Waals surface area contributed by atoms with E-state index in [0.29, 0.717) is 0 Å². The van der Waals surface area contributed by atoms with Crippen LogP contribution in [0.1, 0.15) is 11.1 Å². The topological polar surface area (TPSA) is 12.0 Å². The van der Waals surface area contributed by atoms with Gasteiger partial charge >= 0.3 is 0 Å². The second-order valence-electron chi connectivity index (χ2n) is 4.17. The monoisotopic (exact) mass is 277 g/mol. The molecule has 0 aromatic heterocycles. The number of halogens is 1. The molecule has 0 atom stereocenters. The van der Waals surface area contributed by atoms with E-state index in [1.54, 1.807) is 11.8 Å². The molecule has 0 spiro atoms. The molecule has 94 valence electrons. The summed E-state index contributed by atoms with van der Waals surface area (Å²) in [7, 11) is 1.88. The molecule has 3 heteroatoms. The second-order valence-corrected chi connectivity index (χ2v) is 5.62. The van der Waals surface area contributed by atoms with Crippen molar-refractivity contribution in [1.29, 1.82) is 0 Å². The van der Waals surface area contributed by atoms with Crippen LogP contribution in [0.25, 0.3) is 0 Å². The van der Waals surface area contributed by atoms with E-state index in [1.807, 2.05) is 19.2 Å². The van der Waals surface area contributed by atoms with Crippen LogP contribution in [0.2, 0.25) is 5.02 Å². The van der Waals surface area contributed by atoms with E-state index in [0.717, 1.165) is 16.5 Å². The molecule has 2 aromatic rings. The maximum Gasteiger partial charge on any atom is 0.0648 e. The summed E-state index contributed by atoms with van der Waals surface area (Å²) in [6, 6.07) is 14.8. The molecule has 0 heterocycles. The summed E-state index contributed by atoms with van der Waals surface area (Å²) in [5, 5.41) is 3.83. The number of hydrogen-bond acceptors (Lipinski definition) is 2. The lowest BCUT2D eigenvalue weighted by atomic mass is 10.2. The van der Waals surface area contributed by atoms with E-state index < -0.39 is 0 Å². The van der Waals surface area contributed by atoms with Gasteiger partial charge in [0.2, 0.25) is 0 Å². The Morgan fingerprint density at radius 3 is 2.44 bits per heavy atom. The third-order valence-electron chi connectivity index (χ3n) is 2.74. The van der Waals surface area contributed by atoms with Crippen LogP contribution in [0.4, 0.5) is 5.69 Å². The molecule has 1 N–H and O–H groups in total. The highest BCUT2D eigenvalue weighted by molar-refractivity contribution is 7.98. The Balaban J connectivity index is 2.02. The molecule has 2 rings (SSSR count). The average Bonchev–Trinajstić information content (AvgIpc) is 2.38. The first-order valence-electron chi connectivity index (χ1n) is 5.84. The van der Waals surface area contributed by atoms with Gasteiger partial charge in [-0.15, -0.1) is 11.8 Å². The van der Waals surface area contributed by atoms with E-state index >= 15 is 0 Å². The summed E-state index contributed by atoms with van der Waals surface area (Å²) < 4.78 is 0. The van der Waals surface area contributed by atoms with Gasteiger partial charge in [0.1, 0.15) is 0 Å². The molecular weight excluding hydrogens is 262 g/mol. The van der Waals surface area contributed by atoms with Crippen molar-refractivity contribution in [2.24, 2.45) is 0 Å². The molecule has 0 aliphatic carbocycles. The number of hydrogen-bond donors (Lipinski definition) is 1. The highest BCUT2D eigenvalue weighted by Gasteiger charge is 2.01. The number of anilines is 1. The second kappa shape index (κ2) is 6.17. The zero-order chi connectivity index (χ0) is 13.0. The quantitative estimate of drug-likeness (QED) is 0.791. The van der Waals surface area contributed by atoms with Gasteiger partial charge in [0.15, 0.2) is 0 Å². The molecule has 18 heavy (non-hydrogen) atoms. The molecule has 1 nitrogen and oxygen atoms in total. The third-order valence-corrected chi connectivity index (χ3v) is 4.11. The third kappa shape index (κ3) is 3.44. The van der Waals surface area contributed by atoms with E-state index in [1.165, 1.54) is 16.0 Å². The van der Waals surface area contributed by atoms with Crippen molar-refractivity contribution in [3.05, 3.63) is 58.6 Å². The van der Waals surface area contributed by atoms with Crippen molar-refractivity contribution < 1.29 is 0 Å². The summed E-state index contributed by atoms with van der Waals surface area (Å²) in [5.41, 5.74) is 3.60.